The van der Waals surface area contributed by atoms with Crippen molar-refractivity contribution in [2.24, 2.45) is 0 Å². The van der Waals surface area contributed by atoms with Gasteiger partial charge in [-0.15, -0.1) is 0 Å². The second-order valence-electron chi connectivity index (χ2n) is 16.8. The quantitative estimate of drug-likeness (QED) is 0.0325. The number of hydrogen-bond acceptors (Lipinski definition) is 5. The molecular weight excluding hydrogens is 683 g/mol. The van der Waals surface area contributed by atoms with Crippen molar-refractivity contribution >= 4 is 11.9 Å². The third kappa shape index (κ3) is 42.0. The number of carbonyl (C=O) groups excluding carboxylic acids is 2. The number of allylic oxidation sites excluding steroid dienone is 2. The molecule has 1 amide bonds. The molecule has 0 aliphatic heterocycles. The molecule has 0 fully saturated rings. The van der Waals surface area contributed by atoms with E-state index in [1.807, 2.05) is 0 Å². The smallest absolute Gasteiger partial charge is 0.305 e. The lowest BCUT2D eigenvalue weighted by Crippen LogP contribution is -2.45. The van der Waals surface area contributed by atoms with Crippen molar-refractivity contribution in [1.29, 1.82) is 0 Å². The van der Waals surface area contributed by atoms with Crippen molar-refractivity contribution in [3.63, 3.8) is 0 Å². The molecule has 0 heterocycles. The van der Waals surface area contributed by atoms with Crippen LogP contribution in [0, 0.1) is 0 Å². The van der Waals surface area contributed by atoms with E-state index in [0.29, 0.717) is 25.9 Å². The molecule has 0 saturated carbocycles. The summed E-state index contributed by atoms with van der Waals surface area (Å²) in [5.74, 6) is -0.0867. The largest absolute Gasteiger partial charge is 0.466 e. The average Bonchev–Trinajstić information content (AvgIpc) is 3.18. The number of amides is 1. The molecule has 6 heteroatoms. The van der Waals surface area contributed by atoms with E-state index >= 15 is 0 Å². The molecule has 0 spiro atoms. The number of aliphatic hydroxyl groups is 2. The van der Waals surface area contributed by atoms with Gasteiger partial charge in [-0.25, -0.2) is 0 Å². The van der Waals surface area contributed by atoms with Gasteiger partial charge in [-0.2, -0.15) is 0 Å². The van der Waals surface area contributed by atoms with Crippen LogP contribution >= 0.6 is 0 Å². The van der Waals surface area contributed by atoms with Crippen molar-refractivity contribution in [3.8, 4) is 0 Å². The zero-order valence-electron chi connectivity index (χ0n) is 36.9. The third-order valence-corrected chi connectivity index (χ3v) is 11.3. The predicted molar refractivity (Wildman–Crippen MR) is 237 cm³/mol. The van der Waals surface area contributed by atoms with E-state index in [1.165, 1.54) is 173 Å². The standard InChI is InChI=1S/C49H95NO5/c1-3-5-7-9-11-13-15-16-17-18-19-20-22-25-29-33-37-41-47(52)46(45-51)50-48(53)42-38-34-30-26-23-24-28-32-36-40-44-55-49(54)43-39-35-31-27-21-14-12-10-8-6-4-2/h10,12,46-47,51-52H,3-9,11,13-45H2,1-2H3,(H,50,53)/b12-10-. The molecule has 2 unspecified atom stereocenters. The molecule has 0 saturated heterocycles. The highest BCUT2D eigenvalue weighted by Gasteiger charge is 2.20. The van der Waals surface area contributed by atoms with Gasteiger partial charge in [-0.3, -0.25) is 9.59 Å². The number of nitrogens with one attached hydrogen (secondary N) is 1. The van der Waals surface area contributed by atoms with Crippen molar-refractivity contribution < 1.29 is 24.5 Å². The molecule has 0 aliphatic rings. The molecular formula is C49H95NO5. The van der Waals surface area contributed by atoms with Gasteiger partial charge in [0.2, 0.25) is 5.91 Å². The molecule has 326 valence electrons. The molecule has 0 bridgehead atoms. The van der Waals surface area contributed by atoms with Gasteiger partial charge in [0.1, 0.15) is 0 Å². The molecule has 0 rings (SSSR count). The Morgan fingerprint density at radius 3 is 1.35 bits per heavy atom. The monoisotopic (exact) mass is 778 g/mol. The summed E-state index contributed by atoms with van der Waals surface area (Å²) in [4.78, 5) is 24.4. The first-order valence-corrected chi connectivity index (χ1v) is 24.4. The highest BCUT2D eigenvalue weighted by molar-refractivity contribution is 5.76. The summed E-state index contributed by atoms with van der Waals surface area (Å²) in [5, 5.41) is 23.2. The highest BCUT2D eigenvalue weighted by atomic mass is 16.5. The highest BCUT2D eigenvalue weighted by Crippen LogP contribution is 2.16. The summed E-state index contributed by atoms with van der Waals surface area (Å²) in [6.45, 7) is 4.86. The van der Waals surface area contributed by atoms with Crippen molar-refractivity contribution in [3.05, 3.63) is 12.2 Å². The zero-order valence-corrected chi connectivity index (χ0v) is 36.9. The minimum Gasteiger partial charge on any atom is -0.466 e. The summed E-state index contributed by atoms with van der Waals surface area (Å²) < 4.78 is 5.43. The molecule has 0 aromatic carbocycles. The number of esters is 1. The average molecular weight is 778 g/mol. The predicted octanol–water partition coefficient (Wildman–Crippen LogP) is 14.2. The maximum Gasteiger partial charge on any atom is 0.305 e. The lowest BCUT2D eigenvalue weighted by molar-refractivity contribution is -0.143. The fourth-order valence-corrected chi connectivity index (χ4v) is 7.50. The fraction of sp³-hybridized carbons (Fsp3) is 0.918. The molecule has 3 N–H and O–H groups in total. The first-order valence-electron chi connectivity index (χ1n) is 24.4. The van der Waals surface area contributed by atoms with Crippen LogP contribution < -0.4 is 5.32 Å². The van der Waals surface area contributed by atoms with E-state index in [2.05, 4.69) is 31.3 Å². The van der Waals surface area contributed by atoms with E-state index in [0.717, 1.165) is 57.8 Å². The molecule has 0 aromatic heterocycles. The fourth-order valence-electron chi connectivity index (χ4n) is 7.50. The van der Waals surface area contributed by atoms with Crippen molar-refractivity contribution in [2.75, 3.05) is 13.2 Å². The SMILES string of the molecule is CCCC/C=C\CCCCCCCC(=O)OCCCCCCCCCCCCC(=O)NC(CO)C(O)CCCCCCCCCCCCCCCCCCC. The maximum absolute atomic E-state index is 12.4. The van der Waals surface area contributed by atoms with Crippen LogP contribution in [0.2, 0.25) is 0 Å². The summed E-state index contributed by atoms with van der Waals surface area (Å²) in [6, 6.07) is -0.557. The maximum atomic E-state index is 12.4. The molecule has 0 radical (unpaired) electrons. The first kappa shape index (κ1) is 53.6. The Hall–Kier alpha value is -1.40. The number of unbranched alkanes of at least 4 members (excludes halogenated alkanes) is 32. The Bertz CT molecular complexity index is 817. The van der Waals surface area contributed by atoms with Crippen molar-refractivity contribution in [2.45, 2.75) is 276 Å². The van der Waals surface area contributed by atoms with Crippen LogP contribution in [0.5, 0.6) is 0 Å². The first-order chi connectivity index (χ1) is 27.0. The zero-order chi connectivity index (χ0) is 40.1. The van der Waals surface area contributed by atoms with Gasteiger partial charge in [0.25, 0.3) is 0 Å². The van der Waals surface area contributed by atoms with Crippen LogP contribution in [-0.4, -0.2) is 47.4 Å². The van der Waals surface area contributed by atoms with Gasteiger partial charge >= 0.3 is 5.97 Å². The van der Waals surface area contributed by atoms with E-state index in [9.17, 15) is 19.8 Å². The topological polar surface area (TPSA) is 95.9 Å². The van der Waals surface area contributed by atoms with Gasteiger partial charge in [0.05, 0.1) is 25.4 Å². The lowest BCUT2D eigenvalue weighted by Gasteiger charge is -2.22. The van der Waals surface area contributed by atoms with E-state index in [4.69, 9.17) is 4.74 Å². The van der Waals surface area contributed by atoms with Crippen LogP contribution in [-0.2, 0) is 14.3 Å². The molecule has 0 aliphatic carbocycles. The van der Waals surface area contributed by atoms with Gasteiger partial charge in [-0.05, 0) is 44.9 Å². The minimum absolute atomic E-state index is 0.0296. The van der Waals surface area contributed by atoms with Gasteiger partial charge in [-0.1, -0.05) is 219 Å². The number of hydrogen-bond donors (Lipinski definition) is 3. The number of ether oxygens (including phenoxy) is 1. The van der Waals surface area contributed by atoms with Crippen LogP contribution in [0.25, 0.3) is 0 Å². The molecule has 0 aromatic rings. The Labute approximate surface area is 342 Å². The van der Waals surface area contributed by atoms with Crippen LogP contribution in [0.3, 0.4) is 0 Å². The van der Waals surface area contributed by atoms with Crippen LogP contribution in [0.4, 0.5) is 0 Å². The minimum atomic E-state index is -0.678. The van der Waals surface area contributed by atoms with Gasteiger partial charge in [0.15, 0.2) is 0 Å². The summed E-state index contributed by atoms with van der Waals surface area (Å²) in [5.41, 5.74) is 0. The summed E-state index contributed by atoms with van der Waals surface area (Å²) in [7, 11) is 0. The van der Waals surface area contributed by atoms with E-state index in [1.54, 1.807) is 0 Å². The third-order valence-electron chi connectivity index (χ3n) is 11.3. The summed E-state index contributed by atoms with van der Waals surface area (Å²) >= 11 is 0. The molecule has 55 heavy (non-hydrogen) atoms. The summed E-state index contributed by atoms with van der Waals surface area (Å²) in [6.07, 6.45) is 50.2. The van der Waals surface area contributed by atoms with Gasteiger partial charge in [0, 0.05) is 12.8 Å². The number of rotatable bonds is 45. The second-order valence-corrected chi connectivity index (χ2v) is 16.8. The van der Waals surface area contributed by atoms with E-state index < -0.39 is 12.1 Å². The second kappa shape index (κ2) is 45.3. The Morgan fingerprint density at radius 2 is 0.873 bits per heavy atom. The van der Waals surface area contributed by atoms with E-state index in [-0.39, 0.29) is 18.5 Å². The van der Waals surface area contributed by atoms with Gasteiger partial charge < -0.3 is 20.3 Å². The molecule has 2 atom stereocenters. The van der Waals surface area contributed by atoms with Crippen LogP contribution in [0.1, 0.15) is 264 Å². The van der Waals surface area contributed by atoms with Crippen LogP contribution in [0.15, 0.2) is 12.2 Å². The van der Waals surface area contributed by atoms with Crippen molar-refractivity contribution in [1.82, 2.24) is 5.32 Å². The number of carbonyl (C=O) groups is 2. The Morgan fingerprint density at radius 1 is 0.491 bits per heavy atom. The lowest BCUT2D eigenvalue weighted by atomic mass is 10.0. The Kier molecular flexibility index (Phi) is 44.2. The normalized spacial score (nSPS) is 12.7. The molecule has 6 nitrogen and oxygen atoms in total. The Balaban J connectivity index is 3.49. The number of aliphatic hydroxyl groups excluding tert-OH is 2.